The predicted molar refractivity (Wildman–Crippen MR) is 80.7 cm³/mol. The number of nitrogens with one attached hydrogen (secondary N) is 1. The van der Waals surface area contributed by atoms with Crippen molar-refractivity contribution in [3.8, 4) is 0 Å². The van der Waals surface area contributed by atoms with E-state index in [2.05, 4.69) is 21.2 Å². The van der Waals surface area contributed by atoms with Crippen molar-refractivity contribution < 1.29 is 23.8 Å². The lowest BCUT2D eigenvalue weighted by atomic mass is 10.2. The number of carboxylic acid groups (broad SMARTS) is 1. The molecule has 0 unspecified atom stereocenters. The Kier molecular flexibility index (Phi) is 3.95. The van der Waals surface area contributed by atoms with Crippen molar-refractivity contribution in [2.75, 3.05) is 5.32 Å². The summed E-state index contributed by atoms with van der Waals surface area (Å²) in [5, 5.41) is 11.6. The first-order valence-corrected chi connectivity index (χ1v) is 6.92. The van der Waals surface area contributed by atoms with Crippen LogP contribution in [0.3, 0.4) is 0 Å². The van der Waals surface area contributed by atoms with Crippen molar-refractivity contribution in [2.24, 2.45) is 0 Å². The van der Waals surface area contributed by atoms with Crippen LogP contribution in [-0.2, 0) is 4.74 Å². The molecule has 1 aromatic carbocycles. The Morgan fingerprint density at radius 3 is 2.57 bits per heavy atom. The maximum Gasteiger partial charge on any atom is 0.409 e. The third-order valence-corrected chi connectivity index (χ3v) is 3.14. The van der Waals surface area contributed by atoms with Gasteiger partial charge in [0.25, 0.3) is 0 Å². The molecule has 0 saturated carbocycles. The molecular formula is C14H14BrNO5. The van der Waals surface area contributed by atoms with Crippen molar-refractivity contribution >= 4 is 44.6 Å². The molecule has 2 aromatic rings. The number of benzene rings is 1. The monoisotopic (exact) mass is 355 g/mol. The van der Waals surface area contributed by atoms with E-state index < -0.39 is 17.7 Å². The van der Waals surface area contributed by atoms with Gasteiger partial charge in [0, 0.05) is 4.47 Å². The van der Waals surface area contributed by atoms with Gasteiger partial charge in [0.1, 0.15) is 16.9 Å². The van der Waals surface area contributed by atoms with Gasteiger partial charge < -0.3 is 14.3 Å². The summed E-state index contributed by atoms with van der Waals surface area (Å²) in [5.74, 6) is -0.899. The fraction of sp³-hybridized carbons (Fsp3) is 0.286. The molecular weight excluding hydrogens is 342 g/mol. The average molecular weight is 356 g/mol. The number of carbonyl (C=O) groups is 2. The van der Waals surface area contributed by atoms with E-state index in [0.717, 1.165) is 0 Å². The maximum atomic E-state index is 12.2. The lowest BCUT2D eigenvalue weighted by molar-refractivity contribution is 0.00398. The SMILES string of the molecule is CC(C)(C)OC(=O)c1oc2cccc(Br)c2c1NC(=O)O. The second kappa shape index (κ2) is 5.40. The maximum absolute atomic E-state index is 12.2. The van der Waals surface area contributed by atoms with Crippen molar-refractivity contribution in [1.82, 2.24) is 0 Å². The molecule has 7 heteroatoms. The highest BCUT2D eigenvalue weighted by Crippen LogP contribution is 2.37. The van der Waals surface area contributed by atoms with E-state index >= 15 is 0 Å². The van der Waals surface area contributed by atoms with Crippen LogP contribution in [0.2, 0.25) is 0 Å². The molecule has 0 saturated heterocycles. The first kappa shape index (κ1) is 15.4. The molecule has 2 rings (SSSR count). The van der Waals surface area contributed by atoms with E-state index in [0.29, 0.717) is 15.4 Å². The van der Waals surface area contributed by atoms with E-state index in [9.17, 15) is 9.59 Å². The Hall–Kier alpha value is -2.02. The second-order valence-corrected chi connectivity index (χ2v) is 6.21. The van der Waals surface area contributed by atoms with E-state index in [-0.39, 0.29) is 11.4 Å². The molecule has 0 bridgehead atoms. The first-order valence-electron chi connectivity index (χ1n) is 6.13. The molecule has 6 nitrogen and oxygen atoms in total. The Morgan fingerprint density at radius 1 is 1.33 bits per heavy atom. The molecule has 2 N–H and O–H groups in total. The van der Waals surface area contributed by atoms with Gasteiger partial charge in [0.15, 0.2) is 0 Å². The molecule has 0 aliphatic rings. The van der Waals surface area contributed by atoms with Crippen LogP contribution < -0.4 is 5.32 Å². The minimum absolute atomic E-state index is 0.0687. The number of ether oxygens (including phenoxy) is 1. The predicted octanol–water partition coefficient (Wildman–Crippen LogP) is 4.24. The van der Waals surface area contributed by atoms with E-state index in [1.165, 1.54) is 0 Å². The topological polar surface area (TPSA) is 88.8 Å². The summed E-state index contributed by atoms with van der Waals surface area (Å²) in [6.07, 6.45) is -1.29. The van der Waals surface area contributed by atoms with Crippen LogP contribution in [0.15, 0.2) is 27.1 Å². The zero-order valence-electron chi connectivity index (χ0n) is 11.7. The van der Waals surface area contributed by atoms with Crippen LogP contribution in [0.25, 0.3) is 11.0 Å². The van der Waals surface area contributed by atoms with E-state index in [1.807, 2.05) is 0 Å². The number of anilines is 1. The molecule has 112 valence electrons. The number of hydrogen-bond acceptors (Lipinski definition) is 4. The number of esters is 1. The molecule has 0 radical (unpaired) electrons. The number of carbonyl (C=O) groups excluding carboxylic acids is 1. The average Bonchev–Trinajstić information content (AvgIpc) is 2.66. The number of hydrogen-bond donors (Lipinski definition) is 2. The van der Waals surface area contributed by atoms with Gasteiger partial charge in [-0.3, -0.25) is 5.32 Å². The summed E-state index contributed by atoms with van der Waals surface area (Å²) in [6, 6.07) is 5.09. The fourth-order valence-electron chi connectivity index (χ4n) is 1.80. The number of rotatable bonds is 2. The zero-order chi connectivity index (χ0) is 15.8. The van der Waals surface area contributed by atoms with Crippen molar-refractivity contribution in [3.63, 3.8) is 0 Å². The van der Waals surface area contributed by atoms with Gasteiger partial charge in [0.2, 0.25) is 5.76 Å². The Labute approximate surface area is 129 Å². The van der Waals surface area contributed by atoms with Crippen LogP contribution >= 0.6 is 15.9 Å². The van der Waals surface area contributed by atoms with E-state index in [1.54, 1.807) is 39.0 Å². The van der Waals surface area contributed by atoms with Crippen LogP contribution in [0.4, 0.5) is 10.5 Å². The standard InChI is InChI=1S/C14H14BrNO5/c1-14(2,3)21-12(17)11-10(16-13(18)19)9-7(15)5-4-6-8(9)20-11/h4-6,16H,1-3H3,(H,18,19). The van der Waals surface area contributed by atoms with Crippen LogP contribution in [0.5, 0.6) is 0 Å². The van der Waals surface area contributed by atoms with Crippen molar-refractivity contribution in [1.29, 1.82) is 0 Å². The normalized spacial score (nSPS) is 11.4. The Balaban J connectivity index is 2.59. The number of fused-ring (bicyclic) bond motifs is 1. The zero-order valence-corrected chi connectivity index (χ0v) is 13.3. The lowest BCUT2D eigenvalue weighted by Crippen LogP contribution is -2.24. The third-order valence-electron chi connectivity index (χ3n) is 2.48. The molecule has 0 atom stereocenters. The Bertz CT molecular complexity index is 714. The van der Waals surface area contributed by atoms with Crippen LogP contribution in [-0.4, -0.2) is 22.8 Å². The molecule has 0 fully saturated rings. The number of amides is 1. The summed E-state index contributed by atoms with van der Waals surface area (Å²) in [6.45, 7) is 5.15. The van der Waals surface area contributed by atoms with Gasteiger partial charge in [-0.25, -0.2) is 9.59 Å². The largest absolute Gasteiger partial charge is 0.465 e. The van der Waals surface area contributed by atoms with Crippen LogP contribution in [0, 0.1) is 0 Å². The molecule has 21 heavy (non-hydrogen) atoms. The molecule has 1 heterocycles. The van der Waals surface area contributed by atoms with Gasteiger partial charge in [-0.2, -0.15) is 0 Å². The Morgan fingerprint density at radius 2 is 2.00 bits per heavy atom. The first-order chi connectivity index (χ1) is 9.69. The second-order valence-electron chi connectivity index (χ2n) is 5.35. The minimum Gasteiger partial charge on any atom is -0.465 e. The van der Waals surface area contributed by atoms with Gasteiger partial charge in [-0.05, 0) is 48.8 Å². The quantitative estimate of drug-likeness (QED) is 0.786. The van der Waals surface area contributed by atoms with Gasteiger partial charge >= 0.3 is 12.1 Å². The van der Waals surface area contributed by atoms with Crippen LogP contribution in [0.1, 0.15) is 31.3 Å². The molecule has 0 spiro atoms. The van der Waals surface area contributed by atoms with Gasteiger partial charge in [-0.1, -0.05) is 6.07 Å². The molecule has 1 amide bonds. The highest BCUT2D eigenvalue weighted by molar-refractivity contribution is 9.10. The summed E-state index contributed by atoms with van der Waals surface area (Å²) >= 11 is 3.32. The number of halogens is 1. The minimum atomic E-state index is -1.29. The summed E-state index contributed by atoms with van der Waals surface area (Å²) < 4.78 is 11.3. The summed E-state index contributed by atoms with van der Waals surface area (Å²) in [7, 11) is 0. The molecule has 1 aromatic heterocycles. The number of furan rings is 1. The summed E-state index contributed by atoms with van der Waals surface area (Å²) in [5.41, 5.74) is -0.262. The van der Waals surface area contributed by atoms with Crippen molar-refractivity contribution in [2.45, 2.75) is 26.4 Å². The highest BCUT2D eigenvalue weighted by Gasteiger charge is 2.27. The molecule has 0 aliphatic carbocycles. The van der Waals surface area contributed by atoms with Gasteiger partial charge in [0.05, 0.1) is 5.39 Å². The highest BCUT2D eigenvalue weighted by atomic mass is 79.9. The molecule has 0 aliphatic heterocycles. The lowest BCUT2D eigenvalue weighted by Gasteiger charge is -2.18. The van der Waals surface area contributed by atoms with Crippen molar-refractivity contribution in [3.05, 3.63) is 28.4 Å². The fourth-order valence-corrected chi connectivity index (χ4v) is 2.35. The summed E-state index contributed by atoms with van der Waals surface area (Å²) in [4.78, 5) is 23.1. The smallest absolute Gasteiger partial charge is 0.409 e. The third kappa shape index (κ3) is 3.36. The van der Waals surface area contributed by atoms with Gasteiger partial charge in [-0.15, -0.1) is 0 Å². The van der Waals surface area contributed by atoms with E-state index in [4.69, 9.17) is 14.3 Å².